The molecule has 29 heavy (non-hydrogen) atoms. The smallest absolute Gasteiger partial charge is 0.105 e. The van der Waals surface area contributed by atoms with E-state index in [2.05, 4.69) is 40.7 Å². The van der Waals surface area contributed by atoms with E-state index in [1.54, 1.807) is 0 Å². The molecule has 2 bridgehead atoms. The van der Waals surface area contributed by atoms with Gasteiger partial charge in [-0.2, -0.15) is 0 Å². The molecule has 3 aliphatic carbocycles. The predicted molar refractivity (Wildman–Crippen MR) is 118 cm³/mol. The molecule has 0 aromatic heterocycles. The maximum Gasteiger partial charge on any atom is 0.105 e. The van der Waals surface area contributed by atoms with E-state index >= 15 is 0 Å². The molecule has 0 radical (unpaired) electrons. The Morgan fingerprint density at radius 3 is 2.66 bits per heavy atom. The van der Waals surface area contributed by atoms with E-state index in [1.807, 2.05) is 0 Å². The van der Waals surface area contributed by atoms with Gasteiger partial charge in [-0.3, -0.25) is 0 Å². The van der Waals surface area contributed by atoms with Crippen LogP contribution in [0.3, 0.4) is 0 Å². The zero-order valence-corrected chi connectivity index (χ0v) is 19.5. The van der Waals surface area contributed by atoms with E-state index in [1.165, 1.54) is 56.9 Å². The quantitative estimate of drug-likeness (QED) is 0.543. The van der Waals surface area contributed by atoms with Gasteiger partial charge in [0.2, 0.25) is 0 Å². The molecule has 5 rings (SSSR count). The van der Waals surface area contributed by atoms with Crippen LogP contribution in [-0.2, 0) is 4.74 Å². The van der Waals surface area contributed by atoms with Gasteiger partial charge in [0, 0.05) is 11.8 Å². The highest BCUT2D eigenvalue weighted by atomic mass is 16.5. The number of fused-ring (bicyclic) bond motifs is 9. The number of hydrogen-bond acceptors (Lipinski definition) is 2. The first-order valence-electron chi connectivity index (χ1n) is 12.8. The van der Waals surface area contributed by atoms with Crippen molar-refractivity contribution >= 4 is 0 Å². The highest BCUT2D eigenvalue weighted by Crippen LogP contribution is 2.69. The lowest BCUT2D eigenvalue weighted by Gasteiger charge is -2.57. The lowest BCUT2D eigenvalue weighted by atomic mass is 9.47. The van der Waals surface area contributed by atoms with Crippen LogP contribution in [0.5, 0.6) is 0 Å². The second kappa shape index (κ2) is 7.09. The van der Waals surface area contributed by atoms with Gasteiger partial charge in [0.25, 0.3) is 0 Å². The van der Waals surface area contributed by atoms with Crippen LogP contribution in [0.2, 0.25) is 0 Å². The third-order valence-electron chi connectivity index (χ3n) is 10.7. The largest absolute Gasteiger partial charge is 0.390 e. The van der Waals surface area contributed by atoms with Gasteiger partial charge in [0.05, 0.1) is 12.2 Å². The Morgan fingerprint density at radius 2 is 1.90 bits per heavy atom. The summed E-state index contributed by atoms with van der Waals surface area (Å²) < 4.78 is 6.32. The number of hydrogen-bond donors (Lipinski definition) is 1. The van der Waals surface area contributed by atoms with Gasteiger partial charge in [0.1, 0.15) is 6.10 Å². The van der Waals surface area contributed by atoms with E-state index in [9.17, 15) is 5.11 Å². The summed E-state index contributed by atoms with van der Waals surface area (Å²) in [4.78, 5) is 0. The summed E-state index contributed by atoms with van der Waals surface area (Å²) >= 11 is 0. The molecule has 2 unspecified atom stereocenters. The molecule has 2 saturated carbocycles. The Hall–Kier alpha value is -0.340. The van der Waals surface area contributed by atoms with Gasteiger partial charge in [-0.25, -0.2) is 0 Å². The summed E-state index contributed by atoms with van der Waals surface area (Å²) in [5, 5.41) is 10.4. The molecule has 0 amide bonds. The van der Waals surface area contributed by atoms with Gasteiger partial charge in [0.15, 0.2) is 0 Å². The molecule has 10 atom stereocenters. The van der Waals surface area contributed by atoms with Crippen LogP contribution >= 0.6 is 0 Å². The highest BCUT2D eigenvalue weighted by molar-refractivity contribution is 5.35. The molecule has 2 nitrogen and oxygen atoms in total. The predicted octanol–water partition coefficient (Wildman–Crippen LogP) is 6.38. The van der Waals surface area contributed by atoms with E-state index < -0.39 is 0 Å². The normalized spacial score (nSPS) is 51.6. The van der Waals surface area contributed by atoms with Crippen molar-refractivity contribution in [2.45, 2.75) is 111 Å². The first-order valence-corrected chi connectivity index (χ1v) is 12.8. The molecule has 0 aromatic rings. The van der Waals surface area contributed by atoms with E-state index in [0.717, 1.165) is 41.9 Å². The Bertz CT molecular complexity index is 667. The summed E-state index contributed by atoms with van der Waals surface area (Å²) in [5.41, 5.74) is 2.23. The van der Waals surface area contributed by atoms with Gasteiger partial charge in [-0.15, -0.1) is 0 Å². The summed E-state index contributed by atoms with van der Waals surface area (Å²) in [6, 6.07) is 0. The summed E-state index contributed by atoms with van der Waals surface area (Å²) in [6.07, 6.45) is 14.6. The summed E-state index contributed by atoms with van der Waals surface area (Å²) in [5.74, 6) is 5.17. The molecule has 0 spiro atoms. The lowest BCUT2D eigenvalue weighted by Crippen LogP contribution is -2.53. The second-order valence-corrected chi connectivity index (χ2v) is 12.4. The zero-order chi connectivity index (χ0) is 20.6. The average molecular weight is 401 g/mol. The third kappa shape index (κ3) is 2.87. The standard InChI is InChI=1S/C27H44O2/c1-16(2)7-6-8-17(3)19-11-12-20-18-9-10-22-25-23(28)15-24(29-25)27(22,5)21(18)13-14-26(19,20)4/h10,16-21,23-25,28H,6-9,11-15H2,1-5H3/t17-,18+,19-,20+,21+,23+,24?,25?,26-,27-/m1/s1. The van der Waals surface area contributed by atoms with Gasteiger partial charge >= 0.3 is 0 Å². The Balaban J connectivity index is 1.34. The van der Waals surface area contributed by atoms with Crippen LogP contribution < -0.4 is 0 Å². The molecule has 2 saturated heterocycles. The van der Waals surface area contributed by atoms with Crippen LogP contribution in [0.1, 0.15) is 92.4 Å². The lowest BCUT2D eigenvalue weighted by molar-refractivity contribution is -0.0657. The van der Waals surface area contributed by atoms with E-state index in [4.69, 9.17) is 4.74 Å². The fourth-order valence-corrected chi connectivity index (χ4v) is 9.26. The van der Waals surface area contributed by atoms with Crippen molar-refractivity contribution in [3.8, 4) is 0 Å². The van der Waals surface area contributed by atoms with Crippen LogP contribution in [0.4, 0.5) is 0 Å². The minimum absolute atomic E-state index is 0.0107. The molecule has 2 heteroatoms. The molecule has 5 aliphatic rings. The highest BCUT2D eigenvalue weighted by Gasteiger charge is 2.66. The molecule has 1 N–H and O–H groups in total. The monoisotopic (exact) mass is 400 g/mol. The van der Waals surface area contributed by atoms with Gasteiger partial charge in [-0.05, 0) is 78.6 Å². The Morgan fingerprint density at radius 1 is 1.10 bits per heavy atom. The first kappa shape index (κ1) is 20.6. The molecular formula is C27H44O2. The van der Waals surface area contributed by atoms with E-state index in [-0.39, 0.29) is 23.7 Å². The number of aliphatic hydroxyl groups is 1. The molecular weight excluding hydrogens is 356 g/mol. The van der Waals surface area contributed by atoms with Crippen molar-refractivity contribution in [1.29, 1.82) is 0 Å². The SMILES string of the molecule is CC(C)CCC[C@@H](C)[C@H]1CC[C@H]2[C@@H]3CC=C4C5OC(C[C@@H]5O)[C@]4(C)[C@H]3CC[C@]12C. The molecule has 164 valence electrons. The third-order valence-corrected chi connectivity index (χ3v) is 10.7. The topological polar surface area (TPSA) is 29.5 Å². The maximum atomic E-state index is 10.4. The fourth-order valence-electron chi connectivity index (χ4n) is 9.26. The molecule has 0 aromatic carbocycles. The second-order valence-electron chi connectivity index (χ2n) is 12.4. The number of ether oxygens (including phenoxy) is 1. The van der Waals surface area contributed by atoms with Crippen molar-refractivity contribution in [3.63, 3.8) is 0 Å². The van der Waals surface area contributed by atoms with E-state index in [0.29, 0.717) is 5.41 Å². The summed E-state index contributed by atoms with van der Waals surface area (Å²) in [6.45, 7) is 12.5. The van der Waals surface area contributed by atoms with Gasteiger partial charge < -0.3 is 9.84 Å². The van der Waals surface area contributed by atoms with Crippen molar-refractivity contribution < 1.29 is 9.84 Å². The minimum Gasteiger partial charge on any atom is -0.390 e. The number of aliphatic hydroxyl groups excluding tert-OH is 1. The van der Waals surface area contributed by atoms with Crippen molar-refractivity contribution in [2.24, 2.45) is 46.3 Å². The number of rotatable bonds is 5. The minimum atomic E-state index is -0.257. The van der Waals surface area contributed by atoms with Crippen LogP contribution in [0.25, 0.3) is 0 Å². The van der Waals surface area contributed by atoms with Crippen molar-refractivity contribution in [1.82, 2.24) is 0 Å². The molecule has 2 aliphatic heterocycles. The fraction of sp³-hybridized carbons (Fsp3) is 0.926. The molecule has 2 heterocycles. The summed E-state index contributed by atoms with van der Waals surface area (Å²) in [7, 11) is 0. The Labute approximate surface area is 178 Å². The maximum absolute atomic E-state index is 10.4. The van der Waals surface area contributed by atoms with Crippen molar-refractivity contribution in [2.75, 3.05) is 0 Å². The Kier molecular flexibility index (Phi) is 5.03. The van der Waals surface area contributed by atoms with Crippen LogP contribution in [0.15, 0.2) is 11.6 Å². The van der Waals surface area contributed by atoms with Gasteiger partial charge in [-0.1, -0.05) is 60.0 Å². The first-order chi connectivity index (χ1) is 13.8. The molecule has 4 fully saturated rings. The van der Waals surface area contributed by atoms with Crippen molar-refractivity contribution in [3.05, 3.63) is 11.6 Å². The average Bonchev–Trinajstić information content (AvgIpc) is 3.29. The zero-order valence-electron chi connectivity index (χ0n) is 19.5. The van der Waals surface area contributed by atoms with Crippen LogP contribution in [-0.4, -0.2) is 23.4 Å². The number of allylic oxidation sites excluding steroid dienone is 1. The van der Waals surface area contributed by atoms with Crippen LogP contribution in [0, 0.1) is 46.3 Å².